The lowest BCUT2D eigenvalue weighted by Gasteiger charge is -2.02. The van der Waals surface area contributed by atoms with Crippen LogP contribution in [0.4, 0.5) is 0 Å². The third-order valence-corrected chi connectivity index (χ3v) is 2.98. The Labute approximate surface area is 115 Å². The molecule has 0 amide bonds. The van der Waals surface area contributed by atoms with Crippen molar-refractivity contribution in [3.63, 3.8) is 0 Å². The molecule has 0 radical (unpaired) electrons. The lowest BCUT2D eigenvalue weighted by Crippen LogP contribution is -2.21. The quantitative estimate of drug-likeness (QED) is 0.922. The van der Waals surface area contributed by atoms with Crippen LogP contribution in [0.2, 0.25) is 0 Å². The fraction of sp³-hybridized carbons (Fsp3) is 0.385. The fourth-order valence-electron chi connectivity index (χ4n) is 1.51. The topological polar surface area (TPSA) is 51.0 Å². The fourth-order valence-corrected chi connectivity index (χ4v) is 1.77. The van der Waals surface area contributed by atoms with Gasteiger partial charge >= 0.3 is 0 Å². The summed E-state index contributed by atoms with van der Waals surface area (Å²) in [7, 11) is 0. The molecule has 1 aromatic heterocycles. The van der Waals surface area contributed by atoms with Crippen molar-refractivity contribution in [1.29, 1.82) is 0 Å². The molecule has 0 aliphatic heterocycles. The van der Waals surface area contributed by atoms with Crippen molar-refractivity contribution in [2.75, 3.05) is 0 Å². The number of nitrogens with zero attached hydrogens (tertiary/aromatic N) is 2. The number of halogens is 1. The molecule has 0 aliphatic carbocycles. The minimum absolute atomic E-state index is 0.409. The van der Waals surface area contributed by atoms with Crippen LogP contribution in [0.5, 0.6) is 0 Å². The molecule has 2 rings (SSSR count). The summed E-state index contributed by atoms with van der Waals surface area (Å²) < 4.78 is 6.25. The van der Waals surface area contributed by atoms with Crippen LogP contribution in [0.1, 0.15) is 31.1 Å². The van der Waals surface area contributed by atoms with Gasteiger partial charge in [-0.25, -0.2) is 0 Å². The minimum Gasteiger partial charge on any atom is -0.338 e. The van der Waals surface area contributed by atoms with Crippen molar-refractivity contribution in [3.8, 4) is 0 Å². The molecule has 0 unspecified atom stereocenters. The first-order chi connectivity index (χ1) is 8.63. The van der Waals surface area contributed by atoms with E-state index in [0.29, 0.717) is 24.9 Å². The lowest BCUT2D eigenvalue weighted by atomic mass is 10.1. The Morgan fingerprint density at radius 2 is 2.00 bits per heavy atom. The molecule has 96 valence electrons. The summed E-state index contributed by atoms with van der Waals surface area (Å²) in [4.78, 5) is 4.35. The van der Waals surface area contributed by atoms with Crippen LogP contribution >= 0.6 is 15.9 Å². The van der Waals surface area contributed by atoms with Crippen LogP contribution in [0, 0.1) is 0 Å². The van der Waals surface area contributed by atoms with Crippen LogP contribution in [0.3, 0.4) is 0 Å². The number of benzene rings is 1. The smallest absolute Gasteiger partial charge is 0.240 e. The average molecular weight is 310 g/mol. The van der Waals surface area contributed by atoms with E-state index in [1.807, 2.05) is 24.3 Å². The van der Waals surface area contributed by atoms with Crippen molar-refractivity contribution in [2.45, 2.75) is 32.9 Å². The average Bonchev–Trinajstić information content (AvgIpc) is 2.77. The van der Waals surface area contributed by atoms with E-state index in [9.17, 15) is 0 Å². The molecular weight excluding hydrogens is 294 g/mol. The second-order valence-electron chi connectivity index (χ2n) is 4.44. The molecule has 0 atom stereocenters. The first kappa shape index (κ1) is 13.2. The highest BCUT2D eigenvalue weighted by atomic mass is 79.9. The van der Waals surface area contributed by atoms with E-state index >= 15 is 0 Å². The van der Waals surface area contributed by atoms with Crippen LogP contribution < -0.4 is 5.32 Å². The molecule has 0 aliphatic rings. The minimum atomic E-state index is 0.409. The van der Waals surface area contributed by atoms with E-state index in [-0.39, 0.29) is 0 Å². The highest BCUT2D eigenvalue weighted by Gasteiger charge is 2.07. The first-order valence-corrected chi connectivity index (χ1v) is 6.72. The predicted octanol–water partition coefficient (Wildman–Crippen LogP) is 2.92. The Bertz CT molecular complexity index is 493. The highest BCUT2D eigenvalue weighted by molar-refractivity contribution is 9.10. The second-order valence-corrected chi connectivity index (χ2v) is 5.36. The number of nitrogens with one attached hydrogen (secondary N) is 1. The van der Waals surface area contributed by atoms with Gasteiger partial charge in [0.2, 0.25) is 5.89 Å². The highest BCUT2D eigenvalue weighted by Crippen LogP contribution is 2.13. The summed E-state index contributed by atoms with van der Waals surface area (Å²) in [5.74, 6) is 1.36. The summed E-state index contributed by atoms with van der Waals surface area (Å²) in [6, 6.07) is 8.53. The van der Waals surface area contributed by atoms with Crippen molar-refractivity contribution < 1.29 is 4.52 Å². The van der Waals surface area contributed by atoms with Crippen molar-refractivity contribution in [3.05, 3.63) is 46.0 Å². The monoisotopic (exact) mass is 309 g/mol. The van der Waals surface area contributed by atoms with Gasteiger partial charge in [0.05, 0.1) is 6.54 Å². The molecule has 5 heteroatoms. The Kier molecular flexibility index (Phi) is 4.49. The normalized spacial score (nSPS) is 11.1. The van der Waals surface area contributed by atoms with Crippen molar-refractivity contribution in [2.24, 2.45) is 0 Å². The van der Waals surface area contributed by atoms with E-state index in [1.165, 1.54) is 5.56 Å². The molecule has 0 bridgehead atoms. The summed E-state index contributed by atoms with van der Waals surface area (Å²) in [5.41, 5.74) is 1.17. The predicted molar refractivity (Wildman–Crippen MR) is 73.2 cm³/mol. The first-order valence-electron chi connectivity index (χ1n) is 5.93. The third kappa shape index (κ3) is 3.92. The lowest BCUT2D eigenvalue weighted by molar-refractivity contribution is 0.358. The number of hydrogen-bond acceptors (Lipinski definition) is 4. The Balaban J connectivity index is 1.95. The zero-order valence-electron chi connectivity index (χ0n) is 10.5. The molecule has 18 heavy (non-hydrogen) atoms. The molecule has 1 aromatic carbocycles. The van der Waals surface area contributed by atoms with E-state index in [2.05, 4.69) is 45.2 Å². The zero-order valence-corrected chi connectivity index (χ0v) is 12.1. The maximum atomic E-state index is 5.18. The number of aromatic nitrogens is 2. The molecule has 4 nitrogen and oxygen atoms in total. The van der Waals surface area contributed by atoms with Crippen LogP contribution in [-0.4, -0.2) is 16.2 Å². The van der Waals surface area contributed by atoms with Crippen LogP contribution in [-0.2, 0) is 13.0 Å². The molecule has 1 N–H and O–H groups in total. The Morgan fingerprint density at radius 1 is 1.28 bits per heavy atom. The third-order valence-electron chi connectivity index (χ3n) is 2.45. The van der Waals surface area contributed by atoms with E-state index in [1.54, 1.807) is 0 Å². The van der Waals surface area contributed by atoms with Gasteiger partial charge in [0.25, 0.3) is 0 Å². The van der Waals surface area contributed by atoms with Gasteiger partial charge in [-0.3, -0.25) is 0 Å². The summed E-state index contributed by atoms with van der Waals surface area (Å²) in [6.45, 7) is 4.78. The van der Waals surface area contributed by atoms with Gasteiger partial charge in [-0.2, -0.15) is 4.98 Å². The van der Waals surface area contributed by atoms with E-state index in [4.69, 9.17) is 4.52 Å². The maximum absolute atomic E-state index is 5.18. The van der Waals surface area contributed by atoms with Crippen molar-refractivity contribution >= 4 is 15.9 Å². The van der Waals surface area contributed by atoms with E-state index in [0.717, 1.165) is 10.3 Å². The molecule has 0 saturated carbocycles. The molecule has 1 heterocycles. The molecule has 2 aromatic rings. The number of rotatable bonds is 5. The molecule has 0 fully saturated rings. The summed E-state index contributed by atoms with van der Waals surface area (Å²) in [5, 5.41) is 7.22. The number of hydrogen-bond donors (Lipinski definition) is 1. The van der Waals surface area contributed by atoms with Gasteiger partial charge in [0, 0.05) is 16.9 Å². The van der Waals surface area contributed by atoms with Crippen LogP contribution in [0.25, 0.3) is 0 Å². The molecule has 0 spiro atoms. The van der Waals surface area contributed by atoms with Crippen molar-refractivity contribution in [1.82, 2.24) is 15.5 Å². The molecule has 0 saturated heterocycles. The van der Waals surface area contributed by atoms with Gasteiger partial charge in [-0.15, -0.1) is 0 Å². The Morgan fingerprint density at radius 3 is 2.67 bits per heavy atom. The maximum Gasteiger partial charge on any atom is 0.240 e. The zero-order chi connectivity index (χ0) is 13.0. The van der Waals surface area contributed by atoms with E-state index < -0.39 is 0 Å². The van der Waals surface area contributed by atoms with Gasteiger partial charge in [0.1, 0.15) is 0 Å². The van der Waals surface area contributed by atoms with Gasteiger partial charge in [-0.05, 0) is 17.7 Å². The SMILES string of the molecule is CC(C)NCc1nc(Cc2ccc(Br)cc2)no1. The largest absolute Gasteiger partial charge is 0.338 e. The van der Waals surface area contributed by atoms with Gasteiger partial charge in [0.15, 0.2) is 5.82 Å². The summed E-state index contributed by atoms with van der Waals surface area (Å²) in [6.07, 6.45) is 0.693. The second kappa shape index (κ2) is 6.11. The standard InChI is InChI=1S/C13H16BrN3O/c1-9(2)15-8-13-16-12(17-18-13)7-10-3-5-11(14)6-4-10/h3-6,9,15H,7-8H2,1-2H3. The summed E-state index contributed by atoms with van der Waals surface area (Å²) >= 11 is 3.41. The Hall–Kier alpha value is -1.20. The van der Waals surface area contributed by atoms with Gasteiger partial charge < -0.3 is 9.84 Å². The van der Waals surface area contributed by atoms with Gasteiger partial charge in [-0.1, -0.05) is 47.1 Å². The molecular formula is C13H16BrN3O. The van der Waals surface area contributed by atoms with Crippen LogP contribution in [0.15, 0.2) is 33.3 Å².